The molecule has 0 aromatic heterocycles. The number of likely N-dealkylation sites (N-methyl/N-ethyl adjacent to an activating group) is 1. The first-order chi connectivity index (χ1) is 7.93. The summed E-state index contributed by atoms with van der Waals surface area (Å²) in [6.45, 7) is 1.69. The van der Waals surface area contributed by atoms with E-state index in [1.807, 2.05) is 0 Å². The summed E-state index contributed by atoms with van der Waals surface area (Å²) < 4.78 is 38.4. The molecule has 4 nitrogen and oxygen atoms in total. The van der Waals surface area contributed by atoms with Crippen LogP contribution in [0.1, 0.15) is 6.92 Å². The van der Waals surface area contributed by atoms with Gasteiger partial charge in [-0.2, -0.15) is 4.31 Å². The summed E-state index contributed by atoms with van der Waals surface area (Å²) >= 11 is 2.94. The normalized spacial score (nSPS) is 12.1. The Bertz CT molecular complexity index is 492. The van der Waals surface area contributed by atoms with Crippen molar-refractivity contribution >= 4 is 26.0 Å². The zero-order valence-electron chi connectivity index (χ0n) is 9.23. The average molecular weight is 326 g/mol. The average Bonchev–Trinajstić information content (AvgIpc) is 2.29. The lowest BCUT2D eigenvalue weighted by Crippen LogP contribution is -2.33. The number of aliphatic hydroxyl groups excluding tert-OH is 1. The van der Waals surface area contributed by atoms with Crippen LogP contribution in [-0.4, -0.2) is 37.5 Å². The van der Waals surface area contributed by atoms with Gasteiger partial charge in [-0.25, -0.2) is 12.8 Å². The molecule has 1 aromatic carbocycles. The first kappa shape index (κ1) is 14.6. The van der Waals surface area contributed by atoms with E-state index in [0.29, 0.717) is 0 Å². The Morgan fingerprint density at radius 1 is 1.47 bits per heavy atom. The predicted molar refractivity (Wildman–Crippen MR) is 65.6 cm³/mol. The van der Waals surface area contributed by atoms with Gasteiger partial charge in [0.2, 0.25) is 10.0 Å². The molecule has 0 saturated heterocycles. The van der Waals surface area contributed by atoms with Gasteiger partial charge in [-0.3, -0.25) is 0 Å². The van der Waals surface area contributed by atoms with Crippen molar-refractivity contribution in [1.82, 2.24) is 4.31 Å². The van der Waals surface area contributed by atoms with E-state index in [-0.39, 0.29) is 29.1 Å². The van der Waals surface area contributed by atoms with Crippen molar-refractivity contribution in [2.75, 3.05) is 19.7 Å². The second-order valence-electron chi connectivity index (χ2n) is 3.30. The third-order valence-corrected chi connectivity index (χ3v) is 4.81. The van der Waals surface area contributed by atoms with Gasteiger partial charge < -0.3 is 5.11 Å². The summed E-state index contributed by atoms with van der Waals surface area (Å²) in [7, 11) is -3.68. The minimum atomic E-state index is -3.68. The van der Waals surface area contributed by atoms with Crippen molar-refractivity contribution in [2.45, 2.75) is 11.8 Å². The molecule has 0 atom stereocenters. The maximum absolute atomic E-state index is 13.0. The van der Waals surface area contributed by atoms with Crippen LogP contribution in [0.4, 0.5) is 4.39 Å². The number of hydrogen-bond acceptors (Lipinski definition) is 3. The monoisotopic (exact) mass is 325 g/mol. The maximum atomic E-state index is 13.0. The quantitative estimate of drug-likeness (QED) is 0.894. The number of hydrogen-bond donors (Lipinski definition) is 1. The third-order valence-electron chi connectivity index (χ3n) is 2.23. The molecule has 0 aliphatic carbocycles. The highest BCUT2D eigenvalue weighted by Crippen LogP contribution is 2.22. The smallest absolute Gasteiger partial charge is 0.243 e. The van der Waals surface area contributed by atoms with Crippen LogP contribution in [0.25, 0.3) is 0 Å². The molecule has 1 N–H and O–H groups in total. The maximum Gasteiger partial charge on any atom is 0.243 e. The lowest BCUT2D eigenvalue weighted by Gasteiger charge is -2.19. The summed E-state index contributed by atoms with van der Waals surface area (Å²) in [5.74, 6) is -0.519. The Morgan fingerprint density at radius 3 is 2.59 bits per heavy atom. The predicted octanol–water partition coefficient (Wildman–Crippen LogP) is 1.59. The number of rotatable bonds is 5. The molecule has 1 aromatic rings. The Balaban J connectivity index is 3.15. The SMILES string of the molecule is CCN(CCO)S(=O)(=O)c1ccc(F)c(Br)c1. The molecule has 96 valence electrons. The Hall–Kier alpha value is -0.500. The van der Waals surface area contributed by atoms with Gasteiger partial charge in [0.05, 0.1) is 16.0 Å². The number of benzene rings is 1. The van der Waals surface area contributed by atoms with Crippen LogP contribution in [0.5, 0.6) is 0 Å². The highest BCUT2D eigenvalue weighted by atomic mass is 79.9. The molecule has 0 spiro atoms. The Labute approximate surface area is 108 Å². The Morgan fingerprint density at radius 2 is 2.12 bits per heavy atom. The molecule has 0 amide bonds. The van der Waals surface area contributed by atoms with Crippen molar-refractivity contribution in [3.8, 4) is 0 Å². The third kappa shape index (κ3) is 3.25. The van der Waals surface area contributed by atoms with Gasteiger partial charge in [0.1, 0.15) is 5.82 Å². The topological polar surface area (TPSA) is 57.6 Å². The number of halogens is 2. The van der Waals surface area contributed by atoms with Crippen LogP contribution in [-0.2, 0) is 10.0 Å². The minimum Gasteiger partial charge on any atom is -0.395 e. The van der Waals surface area contributed by atoms with Crippen molar-refractivity contribution in [3.05, 3.63) is 28.5 Å². The van der Waals surface area contributed by atoms with Crippen LogP contribution >= 0.6 is 15.9 Å². The van der Waals surface area contributed by atoms with Crippen LogP contribution in [0.15, 0.2) is 27.6 Å². The molecule has 7 heteroatoms. The van der Waals surface area contributed by atoms with Gasteiger partial charge in [0.25, 0.3) is 0 Å². The molecule has 17 heavy (non-hydrogen) atoms. The second kappa shape index (κ2) is 5.90. The summed E-state index contributed by atoms with van der Waals surface area (Å²) in [6.07, 6.45) is 0. The van der Waals surface area contributed by atoms with E-state index in [1.165, 1.54) is 12.1 Å². The molecule has 1 rings (SSSR count). The van der Waals surface area contributed by atoms with E-state index in [9.17, 15) is 12.8 Å². The van der Waals surface area contributed by atoms with E-state index in [2.05, 4.69) is 15.9 Å². The zero-order chi connectivity index (χ0) is 13.1. The first-order valence-electron chi connectivity index (χ1n) is 4.99. The van der Waals surface area contributed by atoms with E-state index in [4.69, 9.17) is 5.11 Å². The van der Waals surface area contributed by atoms with Crippen molar-refractivity contribution in [2.24, 2.45) is 0 Å². The number of sulfonamides is 1. The molecule has 0 saturated carbocycles. The fraction of sp³-hybridized carbons (Fsp3) is 0.400. The van der Waals surface area contributed by atoms with E-state index < -0.39 is 15.8 Å². The molecular formula is C10H13BrFNO3S. The van der Waals surface area contributed by atoms with Crippen molar-refractivity contribution in [1.29, 1.82) is 0 Å². The van der Waals surface area contributed by atoms with E-state index in [1.54, 1.807) is 6.92 Å². The fourth-order valence-corrected chi connectivity index (χ4v) is 3.34. The molecule has 0 radical (unpaired) electrons. The van der Waals surface area contributed by atoms with Gasteiger partial charge in [0, 0.05) is 13.1 Å². The summed E-state index contributed by atoms with van der Waals surface area (Å²) in [5, 5.41) is 8.80. The van der Waals surface area contributed by atoms with E-state index >= 15 is 0 Å². The largest absolute Gasteiger partial charge is 0.395 e. The summed E-state index contributed by atoms with van der Waals surface area (Å²) in [6, 6.07) is 3.50. The van der Waals surface area contributed by atoms with Crippen LogP contribution < -0.4 is 0 Å². The highest BCUT2D eigenvalue weighted by molar-refractivity contribution is 9.10. The first-order valence-corrected chi connectivity index (χ1v) is 7.22. The van der Waals surface area contributed by atoms with Gasteiger partial charge in [0.15, 0.2) is 0 Å². The molecule has 0 aliphatic rings. The van der Waals surface area contributed by atoms with Gasteiger partial charge in [-0.15, -0.1) is 0 Å². The fourth-order valence-electron chi connectivity index (χ4n) is 1.35. The highest BCUT2D eigenvalue weighted by Gasteiger charge is 2.23. The zero-order valence-corrected chi connectivity index (χ0v) is 11.6. The lowest BCUT2D eigenvalue weighted by molar-refractivity contribution is 0.257. The molecule has 0 bridgehead atoms. The summed E-state index contributed by atoms with van der Waals surface area (Å²) in [5.41, 5.74) is 0. The van der Waals surface area contributed by atoms with E-state index in [0.717, 1.165) is 10.4 Å². The van der Waals surface area contributed by atoms with Crippen LogP contribution in [0.2, 0.25) is 0 Å². The van der Waals surface area contributed by atoms with Crippen LogP contribution in [0, 0.1) is 5.82 Å². The van der Waals surface area contributed by atoms with Crippen molar-refractivity contribution < 1.29 is 17.9 Å². The second-order valence-corrected chi connectivity index (χ2v) is 6.09. The summed E-state index contributed by atoms with van der Waals surface area (Å²) in [4.78, 5) is 0.000995. The lowest BCUT2D eigenvalue weighted by atomic mass is 10.3. The van der Waals surface area contributed by atoms with Crippen molar-refractivity contribution in [3.63, 3.8) is 0 Å². The molecular weight excluding hydrogens is 313 g/mol. The van der Waals surface area contributed by atoms with Gasteiger partial charge in [-0.1, -0.05) is 6.92 Å². The standard InChI is InChI=1S/C10H13BrFNO3S/c1-2-13(5-6-14)17(15,16)8-3-4-10(12)9(11)7-8/h3-4,7,14H,2,5-6H2,1H3. The minimum absolute atomic E-state index is 0.000995. The molecule has 0 fully saturated rings. The molecule has 0 aliphatic heterocycles. The van der Waals surface area contributed by atoms with Crippen LogP contribution in [0.3, 0.4) is 0 Å². The molecule has 0 unspecified atom stereocenters. The number of nitrogens with zero attached hydrogens (tertiary/aromatic N) is 1. The Kier molecular flexibility index (Phi) is 5.05. The van der Waals surface area contributed by atoms with Gasteiger partial charge in [-0.05, 0) is 34.1 Å². The number of aliphatic hydroxyl groups is 1. The molecule has 0 heterocycles. The van der Waals surface area contributed by atoms with Gasteiger partial charge >= 0.3 is 0 Å².